The number of nitrogens with zero attached hydrogens (tertiary/aromatic N) is 1. The average Bonchev–Trinajstić information content (AvgIpc) is 3.82. The van der Waals surface area contributed by atoms with Crippen molar-refractivity contribution >= 4 is 17.1 Å². The van der Waals surface area contributed by atoms with E-state index >= 15 is 0 Å². The number of rotatable bonds is 9. The van der Waals surface area contributed by atoms with Gasteiger partial charge in [0.2, 0.25) is 0 Å². The quantitative estimate of drug-likeness (QED) is 0.139. The van der Waals surface area contributed by atoms with Crippen LogP contribution in [0.25, 0.3) is 89.0 Å². The molecule has 0 fully saturated rings. The van der Waals surface area contributed by atoms with Crippen LogP contribution in [0.5, 0.6) is 0 Å². The van der Waals surface area contributed by atoms with E-state index in [4.69, 9.17) is 0 Å². The Balaban J connectivity index is 0.898. The summed E-state index contributed by atoms with van der Waals surface area (Å²) in [4.78, 5) is 2.51. The Labute approximate surface area is 430 Å². The molecule has 348 valence electrons. The summed E-state index contributed by atoms with van der Waals surface area (Å²) in [6.45, 7) is 9.60. The van der Waals surface area contributed by atoms with Crippen LogP contribution in [0.3, 0.4) is 0 Å². The number of benzene rings is 11. The van der Waals surface area contributed by atoms with Crippen molar-refractivity contribution in [2.45, 2.75) is 38.5 Å². The number of para-hydroxylation sites is 1. The number of fused-ring (bicyclic) bond motifs is 6. The van der Waals surface area contributed by atoms with Gasteiger partial charge < -0.3 is 4.90 Å². The van der Waals surface area contributed by atoms with Crippen LogP contribution >= 0.6 is 0 Å². The summed E-state index contributed by atoms with van der Waals surface area (Å²) in [7, 11) is 0. The average molecular weight is 934 g/mol. The van der Waals surface area contributed by atoms with Crippen molar-refractivity contribution in [2.75, 3.05) is 4.90 Å². The summed E-state index contributed by atoms with van der Waals surface area (Å²) >= 11 is 0. The standard InChI is InChI=1S/C72H55N/c1-71(2)66-44-57(54-28-24-51(25-29-54)48-16-8-5-9-17-48)36-40-62(66)64-42-38-59(46-68(64)71)73(70-23-15-14-22-61(70)56-34-32-53(33-35-56)50-20-12-7-13-21-50)60-39-43-65-63-41-37-58(45-67(63)72(3,4)69(65)47-60)55-30-26-52(27-31-55)49-18-10-6-11-19-49/h5-47H,1-4H3. The van der Waals surface area contributed by atoms with Crippen LogP contribution in [0, 0.1) is 0 Å². The fourth-order valence-electron chi connectivity index (χ4n) is 11.9. The Kier molecular flexibility index (Phi) is 10.6. The van der Waals surface area contributed by atoms with Gasteiger partial charge in [-0.3, -0.25) is 0 Å². The molecule has 13 rings (SSSR count). The van der Waals surface area contributed by atoms with Gasteiger partial charge in [-0.1, -0.05) is 246 Å². The highest BCUT2D eigenvalue weighted by molar-refractivity contribution is 5.93. The summed E-state index contributed by atoms with van der Waals surface area (Å²) in [6.07, 6.45) is 0. The third-order valence-electron chi connectivity index (χ3n) is 15.9. The van der Waals surface area contributed by atoms with Crippen LogP contribution in [-0.4, -0.2) is 0 Å². The summed E-state index contributed by atoms with van der Waals surface area (Å²) < 4.78 is 0. The van der Waals surface area contributed by atoms with Gasteiger partial charge in [-0.05, 0) is 148 Å². The van der Waals surface area contributed by atoms with Crippen LogP contribution in [0.15, 0.2) is 261 Å². The molecule has 0 aliphatic heterocycles. The second-order valence-electron chi connectivity index (χ2n) is 20.9. The molecule has 1 heteroatoms. The Hall–Kier alpha value is -8.78. The van der Waals surface area contributed by atoms with Crippen molar-refractivity contribution in [3.8, 4) is 89.0 Å². The van der Waals surface area contributed by atoms with E-state index in [1.165, 1.54) is 111 Å². The second-order valence-corrected chi connectivity index (χ2v) is 20.9. The molecule has 1 nitrogen and oxygen atoms in total. The smallest absolute Gasteiger partial charge is 0.0540 e. The van der Waals surface area contributed by atoms with Gasteiger partial charge in [0.15, 0.2) is 0 Å². The van der Waals surface area contributed by atoms with Gasteiger partial charge in [0.1, 0.15) is 0 Å². The first-order chi connectivity index (χ1) is 35.7. The highest BCUT2D eigenvalue weighted by atomic mass is 15.1. The molecular formula is C72H55N. The lowest BCUT2D eigenvalue weighted by molar-refractivity contribution is 0.660. The first-order valence-electron chi connectivity index (χ1n) is 25.6. The van der Waals surface area contributed by atoms with Crippen molar-refractivity contribution in [3.05, 3.63) is 283 Å². The maximum absolute atomic E-state index is 2.51. The summed E-state index contributed by atoms with van der Waals surface area (Å²) in [5.41, 5.74) is 28.2. The van der Waals surface area contributed by atoms with E-state index in [-0.39, 0.29) is 10.8 Å². The normalized spacial score (nSPS) is 13.4. The van der Waals surface area contributed by atoms with Gasteiger partial charge in [-0.2, -0.15) is 0 Å². The minimum Gasteiger partial charge on any atom is -0.310 e. The van der Waals surface area contributed by atoms with E-state index in [0.717, 1.165) is 17.1 Å². The number of hydrogen-bond acceptors (Lipinski definition) is 1. The van der Waals surface area contributed by atoms with E-state index in [9.17, 15) is 0 Å². The lowest BCUT2D eigenvalue weighted by Crippen LogP contribution is -2.18. The SMILES string of the molecule is CC1(C)c2cc(-c3ccc(-c4ccccc4)cc3)ccc2-c2ccc(N(c3ccc4c(c3)C(C)(C)c3cc(-c5ccc(-c6ccccc6)cc5)ccc3-4)c3ccccc3-c3ccc(-c4ccccc4)cc3)cc21. The molecule has 0 heterocycles. The molecule has 0 N–H and O–H groups in total. The van der Waals surface area contributed by atoms with E-state index in [1.807, 2.05) is 0 Å². The molecule has 0 atom stereocenters. The molecule has 0 saturated carbocycles. The van der Waals surface area contributed by atoms with Crippen LogP contribution in [-0.2, 0) is 10.8 Å². The van der Waals surface area contributed by atoms with Gasteiger partial charge in [0, 0.05) is 27.8 Å². The molecule has 11 aromatic rings. The Morgan fingerprint density at radius 2 is 0.493 bits per heavy atom. The minimum absolute atomic E-state index is 0.236. The first-order valence-corrected chi connectivity index (χ1v) is 25.6. The Morgan fingerprint density at radius 1 is 0.219 bits per heavy atom. The second kappa shape index (κ2) is 17.5. The van der Waals surface area contributed by atoms with Crippen LogP contribution in [0.1, 0.15) is 49.9 Å². The van der Waals surface area contributed by atoms with E-state index in [0.29, 0.717) is 0 Å². The van der Waals surface area contributed by atoms with Crippen LogP contribution in [0.2, 0.25) is 0 Å². The Bertz CT molecular complexity index is 3650. The fraction of sp³-hybridized carbons (Fsp3) is 0.0833. The van der Waals surface area contributed by atoms with E-state index < -0.39 is 0 Å². The topological polar surface area (TPSA) is 3.24 Å². The lowest BCUT2D eigenvalue weighted by Gasteiger charge is -2.31. The molecule has 0 radical (unpaired) electrons. The maximum atomic E-state index is 2.51. The molecule has 73 heavy (non-hydrogen) atoms. The molecule has 2 aliphatic carbocycles. The minimum atomic E-state index is -0.236. The maximum Gasteiger partial charge on any atom is 0.0540 e. The van der Waals surface area contributed by atoms with Gasteiger partial charge >= 0.3 is 0 Å². The number of hydrogen-bond donors (Lipinski definition) is 0. The first kappa shape index (κ1) is 44.2. The van der Waals surface area contributed by atoms with Crippen molar-refractivity contribution in [2.24, 2.45) is 0 Å². The van der Waals surface area contributed by atoms with Crippen molar-refractivity contribution in [1.82, 2.24) is 0 Å². The molecule has 0 saturated heterocycles. The summed E-state index contributed by atoms with van der Waals surface area (Å²) in [6, 6.07) is 96.5. The van der Waals surface area contributed by atoms with Crippen LogP contribution in [0.4, 0.5) is 17.1 Å². The Morgan fingerprint density at radius 3 is 0.877 bits per heavy atom. The zero-order valence-electron chi connectivity index (χ0n) is 41.8. The van der Waals surface area contributed by atoms with Crippen molar-refractivity contribution in [1.29, 1.82) is 0 Å². The molecule has 0 unspecified atom stereocenters. The van der Waals surface area contributed by atoms with E-state index in [2.05, 4.69) is 293 Å². The summed E-state index contributed by atoms with van der Waals surface area (Å²) in [5, 5.41) is 0. The fourth-order valence-corrected chi connectivity index (χ4v) is 11.9. The molecular weight excluding hydrogens is 879 g/mol. The highest BCUT2D eigenvalue weighted by Crippen LogP contribution is 2.55. The zero-order valence-corrected chi connectivity index (χ0v) is 41.8. The molecule has 11 aromatic carbocycles. The molecule has 0 bridgehead atoms. The van der Waals surface area contributed by atoms with E-state index in [1.54, 1.807) is 0 Å². The van der Waals surface area contributed by atoms with Gasteiger partial charge in [-0.25, -0.2) is 0 Å². The monoisotopic (exact) mass is 933 g/mol. The lowest BCUT2D eigenvalue weighted by atomic mass is 9.81. The molecule has 0 amide bonds. The van der Waals surface area contributed by atoms with Crippen LogP contribution < -0.4 is 4.90 Å². The predicted octanol–water partition coefficient (Wildman–Crippen LogP) is 19.8. The highest BCUT2D eigenvalue weighted by Gasteiger charge is 2.38. The third-order valence-corrected chi connectivity index (χ3v) is 15.9. The zero-order chi connectivity index (χ0) is 49.3. The largest absolute Gasteiger partial charge is 0.310 e. The van der Waals surface area contributed by atoms with Crippen molar-refractivity contribution < 1.29 is 0 Å². The van der Waals surface area contributed by atoms with Gasteiger partial charge in [0.25, 0.3) is 0 Å². The van der Waals surface area contributed by atoms with Crippen molar-refractivity contribution in [3.63, 3.8) is 0 Å². The summed E-state index contributed by atoms with van der Waals surface area (Å²) in [5.74, 6) is 0. The molecule has 0 aromatic heterocycles. The molecule has 0 spiro atoms. The predicted molar refractivity (Wildman–Crippen MR) is 309 cm³/mol. The third kappa shape index (κ3) is 7.63. The number of anilines is 3. The van der Waals surface area contributed by atoms with Gasteiger partial charge in [-0.15, -0.1) is 0 Å². The molecule has 2 aliphatic rings. The van der Waals surface area contributed by atoms with Gasteiger partial charge in [0.05, 0.1) is 5.69 Å².